The summed E-state index contributed by atoms with van der Waals surface area (Å²) in [5.74, 6) is 0.392. The smallest absolute Gasteiger partial charge is 0.271 e. The molecule has 2 fully saturated rings. The Bertz CT molecular complexity index is 754. The first-order chi connectivity index (χ1) is 12.2. The van der Waals surface area contributed by atoms with Crippen molar-refractivity contribution in [3.05, 3.63) is 48.2 Å². The van der Waals surface area contributed by atoms with Crippen LogP contribution in [0.1, 0.15) is 23.3 Å². The van der Waals surface area contributed by atoms with E-state index in [1.165, 1.54) is 12.3 Å². The average molecular weight is 341 g/mol. The van der Waals surface area contributed by atoms with Crippen LogP contribution in [0.2, 0.25) is 0 Å². The molecule has 1 saturated heterocycles. The molecule has 6 nitrogen and oxygen atoms in total. The first kappa shape index (κ1) is 15.8. The quantitative estimate of drug-likeness (QED) is 0.919. The third kappa shape index (κ3) is 3.55. The zero-order valence-corrected chi connectivity index (χ0v) is 13.9. The number of halogens is 1. The van der Waals surface area contributed by atoms with Crippen molar-refractivity contribution in [3.63, 3.8) is 0 Å². The summed E-state index contributed by atoms with van der Waals surface area (Å²) in [6.07, 6.45) is 5.25. The van der Waals surface area contributed by atoms with E-state index in [-0.39, 0.29) is 11.7 Å². The minimum absolute atomic E-state index is 0.161. The Balaban J connectivity index is 1.37. The maximum Gasteiger partial charge on any atom is 0.271 e. The van der Waals surface area contributed by atoms with Gasteiger partial charge in [0.1, 0.15) is 17.3 Å². The van der Waals surface area contributed by atoms with E-state index in [9.17, 15) is 9.18 Å². The molecule has 1 aliphatic carbocycles. The minimum atomic E-state index is -0.193. The van der Waals surface area contributed by atoms with Crippen molar-refractivity contribution in [3.8, 4) is 0 Å². The Labute approximate surface area is 145 Å². The van der Waals surface area contributed by atoms with Gasteiger partial charge in [0.15, 0.2) is 0 Å². The Kier molecular flexibility index (Phi) is 4.21. The van der Waals surface area contributed by atoms with Gasteiger partial charge in [-0.15, -0.1) is 0 Å². The number of rotatable bonds is 4. The number of para-hydroxylation sites is 1. The molecular weight excluding hydrogens is 321 g/mol. The van der Waals surface area contributed by atoms with Gasteiger partial charge in [0.25, 0.3) is 5.91 Å². The molecule has 1 amide bonds. The maximum atomic E-state index is 13.9. The molecule has 0 spiro atoms. The lowest BCUT2D eigenvalue weighted by atomic mass is 10.2. The van der Waals surface area contributed by atoms with Crippen LogP contribution in [0.25, 0.3) is 0 Å². The van der Waals surface area contributed by atoms with Crippen LogP contribution in [-0.2, 0) is 0 Å². The summed E-state index contributed by atoms with van der Waals surface area (Å²) < 4.78 is 13.9. The first-order valence-electron chi connectivity index (χ1n) is 8.58. The number of benzene rings is 1. The zero-order valence-electron chi connectivity index (χ0n) is 13.9. The largest absolute Gasteiger partial charge is 0.366 e. The lowest BCUT2D eigenvalue weighted by molar-refractivity contribution is 0.0945. The number of carbonyl (C=O) groups excluding carboxylic acids is 1. The molecule has 1 aromatic carbocycles. The Morgan fingerprint density at radius 2 is 1.76 bits per heavy atom. The van der Waals surface area contributed by atoms with Gasteiger partial charge in [-0.3, -0.25) is 4.79 Å². The van der Waals surface area contributed by atoms with Crippen LogP contribution in [0.5, 0.6) is 0 Å². The molecule has 130 valence electrons. The summed E-state index contributed by atoms with van der Waals surface area (Å²) in [7, 11) is 0. The third-order valence-electron chi connectivity index (χ3n) is 4.58. The van der Waals surface area contributed by atoms with Crippen LogP contribution in [-0.4, -0.2) is 48.1 Å². The monoisotopic (exact) mass is 341 g/mol. The van der Waals surface area contributed by atoms with Crippen molar-refractivity contribution >= 4 is 17.4 Å². The second-order valence-corrected chi connectivity index (χ2v) is 6.43. The molecule has 1 aliphatic heterocycles. The van der Waals surface area contributed by atoms with Gasteiger partial charge in [-0.05, 0) is 25.0 Å². The van der Waals surface area contributed by atoms with E-state index in [0.29, 0.717) is 30.5 Å². The maximum absolute atomic E-state index is 13.9. The van der Waals surface area contributed by atoms with Gasteiger partial charge < -0.3 is 15.1 Å². The minimum Gasteiger partial charge on any atom is -0.366 e. The van der Waals surface area contributed by atoms with Crippen molar-refractivity contribution in [1.82, 2.24) is 15.3 Å². The number of piperazine rings is 1. The van der Waals surface area contributed by atoms with Crippen LogP contribution < -0.4 is 15.1 Å². The molecular formula is C18H20FN5O. The number of nitrogens with zero attached hydrogens (tertiary/aromatic N) is 4. The van der Waals surface area contributed by atoms with E-state index in [4.69, 9.17) is 0 Å². The molecule has 1 aromatic heterocycles. The SMILES string of the molecule is O=C(NC1CC1)c1cnc(N2CCN(c3ccccc3F)CC2)cn1. The van der Waals surface area contributed by atoms with E-state index in [0.717, 1.165) is 31.7 Å². The van der Waals surface area contributed by atoms with Crippen molar-refractivity contribution in [2.24, 2.45) is 0 Å². The second-order valence-electron chi connectivity index (χ2n) is 6.43. The summed E-state index contributed by atoms with van der Waals surface area (Å²) in [4.78, 5) is 24.7. The summed E-state index contributed by atoms with van der Waals surface area (Å²) >= 11 is 0. The molecule has 0 unspecified atom stereocenters. The van der Waals surface area contributed by atoms with E-state index in [1.54, 1.807) is 18.3 Å². The predicted octanol–water partition coefficient (Wildman–Crippen LogP) is 1.83. The second kappa shape index (κ2) is 6.66. The molecule has 0 radical (unpaired) electrons. The van der Waals surface area contributed by atoms with Crippen LogP contribution in [0.4, 0.5) is 15.9 Å². The van der Waals surface area contributed by atoms with Gasteiger partial charge in [0.05, 0.1) is 18.1 Å². The predicted molar refractivity (Wildman–Crippen MR) is 93.3 cm³/mol. The molecule has 4 rings (SSSR count). The van der Waals surface area contributed by atoms with Crippen molar-refractivity contribution in [1.29, 1.82) is 0 Å². The van der Waals surface area contributed by atoms with Gasteiger partial charge in [0.2, 0.25) is 0 Å². The van der Waals surface area contributed by atoms with Gasteiger partial charge in [-0.2, -0.15) is 0 Å². The number of nitrogens with one attached hydrogen (secondary N) is 1. The molecule has 2 heterocycles. The highest BCUT2D eigenvalue weighted by Crippen LogP contribution is 2.22. The normalized spacial score (nSPS) is 17.5. The zero-order chi connectivity index (χ0) is 17.2. The summed E-state index contributed by atoms with van der Waals surface area (Å²) in [5, 5.41) is 2.90. The Morgan fingerprint density at radius 1 is 1.04 bits per heavy atom. The highest BCUT2D eigenvalue weighted by atomic mass is 19.1. The standard InChI is InChI=1S/C18H20FN5O/c19-14-3-1-2-4-16(14)23-7-9-24(10-8-23)17-12-20-15(11-21-17)18(25)22-13-5-6-13/h1-4,11-13H,5-10H2,(H,22,25). The van der Waals surface area contributed by atoms with E-state index < -0.39 is 0 Å². The number of anilines is 2. The molecule has 0 bridgehead atoms. The van der Waals surface area contributed by atoms with Gasteiger partial charge in [-0.1, -0.05) is 12.1 Å². The number of hydrogen-bond donors (Lipinski definition) is 1. The Morgan fingerprint density at radius 3 is 2.40 bits per heavy atom. The molecule has 7 heteroatoms. The number of amides is 1. The first-order valence-corrected chi connectivity index (χ1v) is 8.58. The van der Waals surface area contributed by atoms with E-state index in [1.807, 2.05) is 11.0 Å². The Hall–Kier alpha value is -2.70. The van der Waals surface area contributed by atoms with Gasteiger partial charge >= 0.3 is 0 Å². The average Bonchev–Trinajstić information content (AvgIpc) is 3.46. The number of hydrogen-bond acceptors (Lipinski definition) is 5. The highest BCUT2D eigenvalue weighted by molar-refractivity contribution is 5.92. The van der Waals surface area contributed by atoms with Crippen LogP contribution in [0.15, 0.2) is 36.7 Å². The van der Waals surface area contributed by atoms with Crippen LogP contribution in [0.3, 0.4) is 0 Å². The molecule has 2 aliphatic rings. The molecule has 2 aromatic rings. The van der Waals surface area contributed by atoms with Gasteiger partial charge in [0, 0.05) is 32.2 Å². The highest BCUT2D eigenvalue weighted by Gasteiger charge is 2.25. The van der Waals surface area contributed by atoms with E-state index in [2.05, 4.69) is 20.2 Å². The molecule has 1 N–H and O–H groups in total. The van der Waals surface area contributed by atoms with Crippen molar-refractivity contribution in [2.45, 2.75) is 18.9 Å². The third-order valence-corrected chi connectivity index (χ3v) is 4.58. The van der Waals surface area contributed by atoms with Crippen molar-refractivity contribution in [2.75, 3.05) is 36.0 Å². The van der Waals surface area contributed by atoms with Crippen molar-refractivity contribution < 1.29 is 9.18 Å². The fourth-order valence-corrected chi connectivity index (χ4v) is 2.97. The fourth-order valence-electron chi connectivity index (χ4n) is 2.97. The van der Waals surface area contributed by atoms with E-state index >= 15 is 0 Å². The molecule has 25 heavy (non-hydrogen) atoms. The summed E-state index contributed by atoms with van der Waals surface area (Å²) in [5.41, 5.74) is 0.987. The summed E-state index contributed by atoms with van der Waals surface area (Å²) in [6, 6.07) is 7.14. The lowest BCUT2D eigenvalue weighted by Gasteiger charge is -2.36. The fraction of sp³-hybridized carbons (Fsp3) is 0.389. The van der Waals surface area contributed by atoms with Crippen LogP contribution in [0, 0.1) is 5.82 Å². The number of aromatic nitrogens is 2. The molecule has 1 saturated carbocycles. The number of carbonyl (C=O) groups is 1. The topological polar surface area (TPSA) is 61.4 Å². The summed E-state index contributed by atoms with van der Waals surface area (Å²) in [6.45, 7) is 2.90. The molecule has 0 atom stereocenters. The van der Waals surface area contributed by atoms with Gasteiger partial charge in [-0.25, -0.2) is 14.4 Å². The lowest BCUT2D eigenvalue weighted by Crippen LogP contribution is -2.47. The van der Waals surface area contributed by atoms with Crippen LogP contribution >= 0.6 is 0 Å².